The van der Waals surface area contributed by atoms with Gasteiger partial charge in [-0.15, -0.1) is 5.10 Å². The van der Waals surface area contributed by atoms with Gasteiger partial charge in [0.2, 0.25) is 0 Å². The Morgan fingerprint density at radius 2 is 2.33 bits per heavy atom. The Labute approximate surface area is 96.4 Å². The number of aryl methyl sites for hydroxylation is 1. The summed E-state index contributed by atoms with van der Waals surface area (Å²) >= 11 is 5.60. The van der Waals surface area contributed by atoms with E-state index in [0.29, 0.717) is 10.6 Å². The zero-order valence-corrected chi connectivity index (χ0v) is 9.74. The minimum Gasteiger partial charge on any atom is -0.375 e. The van der Waals surface area contributed by atoms with Gasteiger partial charge in [-0.05, 0) is 30.2 Å². The van der Waals surface area contributed by atoms with E-state index in [1.165, 1.54) is 0 Å². The summed E-state index contributed by atoms with van der Waals surface area (Å²) in [5.41, 5.74) is 10.6. The maximum absolute atomic E-state index is 11.5. The second-order valence-corrected chi connectivity index (χ2v) is 3.94. The van der Waals surface area contributed by atoms with Gasteiger partial charge in [0.25, 0.3) is 5.91 Å². The molecule has 0 bridgehead atoms. The lowest BCUT2D eigenvalue weighted by molar-refractivity contribution is 0.0947. The van der Waals surface area contributed by atoms with Gasteiger partial charge in [-0.25, -0.2) is 0 Å². The average molecular weight is 245 g/mol. The number of rotatable bonds is 3. The predicted octanol–water partition coefficient (Wildman–Crippen LogP) is -0.0314. The summed E-state index contributed by atoms with van der Waals surface area (Å²) in [5, 5.41) is 3.88. The Hall–Kier alpha value is -1.28. The van der Waals surface area contributed by atoms with Crippen LogP contribution in [-0.4, -0.2) is 20.6 Å². The summed E-state index contributed by atoms with van der Waals surface area (Å²) in [6.45, 7) is 2.01. The lowest BCUT2D eigenvalue weighted by atomic mass is 10.2. The molecule has 0 saturated carbocycles. The quantitative estimate of drug-likeness (QED) is 0.511. The van der Waals surface area contributed by atoms with Gasteiger partial charge in [0, 0.05) is 0 Å². The van der Waals surface area contributed by atoms with E-state index in [1.807, 2.05) is 6.92 Å². The number of hydrogen-bond acceptors (Lipinski definition) is 5. The molecule has 15 heavy (non-hydrogen) atoms. The molecule has 0 aliphatic carbocycles. The van der Waals surface area contributed by atoms with E-state index in [-0.39, 0.29) is 11.0 Å². The lowest BCUT2D eigenvalue weighted by Crippen LogP contribution is -2.44. The topological polar surface area (TPSA) is 92.9 Å². The summed E-state index contributed by atoms with van der Waals surface area (Å²) < 4.78 is 3.73. The van der Waals surface area contributed by atoms with Crippen molar-refractivity contribution in [3.63, 3.8) is 0 Å². The van der Waals surface area contributed by atoms with Crippen LogP contribution >= 0.6 is 23.8 Å². The first-order chi connectivity index (χ1) is 7.15. The summed E-state index contributed by atoms with van der Waals surface area (Å²) in [6, 6.07) is 0. The summed E-state index contributed by atoms with van der Waals surface area (Å²) in [6.07, 6.45) is 1.64. The van der Waals surface area contributed by atoms with Crippen LogP contribution < -0.4 is 16.6 Å². The SMILES string of the molecule is CCCc1nnsc1C(=O)NNC(N)=S. The molecular formula is C7H11N5OS2. The van der Waals surface area contributed by atoms with Gasteiger partial charge in [-0.1, -0.05) is 17.8 Å². The smallest absolute Gasteiger partial charge is 0.283 e. The molecule has 0 fully saturated rings. The molecule has 1 heterocycles. The fourth-order valence-electron chi connectivity index (χ4n) is 0.957. The molecule has 1 rings (SSSR count). The highest BCUT2D eigenvalue weighted by atomic mass is 32.1. The second-order valence-electron chi connectivity index (χ2n) is 2.74. The molecule has 1 aromatic heterocycles. The van der Waals surface area contributed by atoms with Crippen LogP contribution in [0.3, 0.4) is 0 Å². The molecule has 8 heteroatoms. The monoisotopic (exact) mass is 245 g/mol. The Balaban J connectivity index is 2.64. The van der Waals surface area contributed by atoms with Crippen molar-refractivity contribution >= 4 is 34.8 Å². The molecule has 0 aromatic carbocycles. The number of amides is 1. The number of nitrogens with one attached hydrogen (secondary N) is 2. The van der Waals surface area contributed by atoms with Crippen molar-refractivity contribution in [1.82, 2.24) is 20.4 Å². The van der Waals surface area contributed by atoms with Crippen LogP contribution in [-0.2, 0) is 6.42 Å². The highest BCUT2D eigenvalue weighted by Gasteiger charge is 2.15. The maximum Gasteiger partial charge on any atom is 0.283 e. The fraction of sp³-hybridized carbons (Fsp3) is 0.429. The number of carbonyl (C=O) groups is 1. The Morgan fingerprint density at radius 1 is 1.60 bits per heavy atom. The normalized spacial score (nSPS) is 9.67. The van der Waals surface area contributed by atoms with E-state index in [0.717, 1.165) is 24.4 Å². The number of thiocarbonyl (C=S) groups is 1. The molecule has 0 aliphatic rings. The molecule has 0 aliphatic heterocycles. The zero-order valence-electron chi connectivity index (χ0n) is 8.11. The van der Waals surface area contributed by atoms with Crippen LogP contribution in [0.2, 0.25) is 0 Å². The Morgan fingerprint density at radius 3 is 2.93 bits per heavy atom. The van der Waals surface area contributed by atoms with Crippen molar-refractivity contribution < 1.29 is 4.79 Å². The first kappa shape index (κ1) is 11.8. The van der Waals surface area contributed by atoms with Crippen molar-refractivity contribution in [2.24, 2.45) is 5.73 Å². The maximum atomic E-state index is 11.5. The van der Waals surface area contributed by atoms with Crippen molar-refractivity contribution in [2.75, 3.05) is 0 Å². The minimum atomic E-state index is -0.318. The second kappa shape index (κ2) is 5.56. The van der Waals surface area contributed by atoms with E-state index in [2.05, 4.69) is 32.7 Å². The molecule has 82 valence electrons. The third kappa shape index (κ3) is 3.40. The largest absolute Gasteiger partial charge is 0.375 e. The Kier molecular flexibility index (Phi) is 4.37. The highest BCUT2D eigenvalue weighted by molar-refractivity contribution is 7.80. The highest BCUT2D eigenvalue weighted by Crippen LogP contribution is 2.11. The van der Waals surface area contributed by atoms with Crippen LogP contribution in [0.5, 0.6) is 0 Å². The first-order valence-electron chi connectivity index (χ1n) is 4.32. The van der Waals surface area contributed by atoms with E-state index >= 15 is 0 Å². The van der Waals surface area contributed by atoms with Gasteiger partial charge in [0.1, 0.15) is 4.88 Å². The van der Waals surface area contributed by atoms with Gasteiger partial charge >= 0.3 is 0 Å². The zero-order chi connectivity index (χ0) is 11.3. The summed E-state index contributed by atoms with van der Waals surface area (Å²) in [7, 11) is 0. The van der Waals surface area contributed by atoms with Gasteiger partial charge < -0.3 is 5.73 Å². The number of nitrogens with two attached hydrogens (primary N) is 1. The molecule has 1 aromatic rings. The van der Waals surface area contributed by atoms with Crippen LogP contribution in [0.4, 0.5) is 0 Å². The average Bonchev–Trinajstić information content (AvgIpc) is 2.63. The summed E-state index contributed by atoms with van der Waals surface area (Å²) in [4.78, 5) is 12.0. The number of aromatic nitrogens is 2. The van der Waals surface area contributed by atoms with Gasteiger partial charge in [-0.3, -0.25) is 15.6 Å². The van der Waals surface area contributed by atoms with Crippen LogP contribution in [0.25, 0.3) is 0 Å². The molecular weight excluding hydrogens is 234 g/mol. The van der Waals surface area contributed by atoms with E-state index < -0.39 is 0 Å². The Bertz CT molecular complexity index is 364. The van der Waals surface area contributed by atoms with Crippen LogP contribution in [0.15, 0.2) is 0 Å². The number of hydrazine groups is 1. The lowest BCUT2D eigenvalue weighted by Gasteiger charge is -2.04. The number of hydrogen-bond donors (Lipinski definition) is 3. The van der Waals surface area contributed by atoms with Gasteiger partial charge in [0.05, 0.1) is 5.69 Å². The van der Waals surface area contributed by atoms with Gasteiger partial charge in [0.15, 0.2) is 5.11 Å². The molecule has 0 radical (unpaired) electrons. The molecule has 0 saturated heterocycles. The standard InChI is InChI=1S/C7H11N5OS2/c1-2-3-4-5(15-12-9-4)6(13)10-11-7(8)14/h2-3H2,1H3,(H,10,13)(H3,8,11,14). The third-order valence-electron chi connectivity index (χ3n) is 1.55. The molecule has 6 nitrogen and oxygen atoms in total. The van der Waals surface area contributed by atoms with Gasteiger partial charge in [-0.2, -0.15) is 0 Å². The number of carbonyl (C=O) groups excluding carboxylic acids is 1. The first-order valence-corrected chi connectivity index (χ1v) is 5.50. The van der Waals surface area contributed by atoms with Crippen LogP contribution in [0, 0.1) is 0 Å². The number of nitrogens with zero attached hydrogens (tertiary/aromatic N) is 2. The van der Waals surface area contributed by atoms with Crippen LogP contribution in [0.1, 0.15) is 28.7 Å². The molecule has 4 N–H and O–H groups in total. The molecule has 0 unspecified atom stereocenters. The van der Waals surface area contributed by atoms with Crippen molar-refractivity contribution in [1.29, 1.82) is 0 Å². The van der Waals surface area contributed by atoms with E-state index in [4.69, 9.17) is 5.73 Å². The molecule has 0 atom stereocenters. The molecule has 0 spiro atoms. The van der Waals surface area contributed by atoms with E-state index in [1.54, 1.807) is 0 Å². The summed E-state index contributed by atoms with van der Waals surface area (Å²) in [5.74, 6) is -0.318. The molecule has 1 amide bonds. The van der Waals surface area contributed by atoms with Crippen molar-refractivity contribution in [2.45, 2.75) is 19.8 Å². The third-order valence-corrected chi connectivity index (χ3v) is 2.42. The minimum absolute atomic E-state index is 0.0119. The predicted molar refractivity (Wildman–Crippen MR) is 61.3 cm³/mol. The fourth-order valence-corrected chi connectivity index (χ4v) is 1.61. The van der Waals surface area contributed by atoms with Crippen molar-refractivity contribution in [3.8, 4) is 0 Å². The van der Waals surface area contributed by atoms with E-state index in [9.17, 15) is 4.79 Å². The van der Waals surface area contributed by atoms with Crippen molar-refractivity contribution in [3.05, 3.63) is 10.6 Å².